The quantitative estimate of drug-likeness (QED) is 0.340. The van der Waals surface area contributed by atoms with E-state index in [0.717, 1.165) is 50.6 Å². The Balaban J connectivity index is 1.46. The number of hydrogen-bond acceptors (Lipinski definition) is 3. The smallest absolute Gasteiger partial charge is 0.258 e. The Morgan fingerprint density at radius 3 is 2.06 bits per heavy atom. The van der Waals surface area contributed by atoms with Gasteiger partial charge in [-0.15, -0.1) is 0 Å². The highest BCUT2D eigenvalue weighted by Gasteiger charge is 2.25. The van der Waals surface area contributed by atoms with Gasteiger partial charge in [0.15, 0.2) is 11.0 Å². The fraction of sp³-hybridized carbons (Fsp3) is 0.167. The molecule has 3 heterocycles. The van der Waals surface area contributed by atoms with Crippen molar-refractivity contribution in [2.75, 3.05) is 6.61 Å². The number of aromatic nitrogens is 4. The maximum Gasteiger partial charge on any atom is 0.258 e. The van der Waals surface area contributed by atoms with Crippen molar-refractivity contribution in [2.45, 2.75) is 25.9 Å². The number of aliphatic hydroxyl groups is 1. The molecule has 172 valence electrons. The predicted molar refractivity (Wildman–Crippen MR) is 139 cm³/mol. The Morgan fingerprint density at radius 1 is 0.686 bits per heavy atom. The third kappa shape index (κ3) is 4.15. The molecule has 5 heteroatoms. The second-order valence-electron chi connectivity index (χ2n) is 8.89. The summed E-state index contributed by atoms with van der Waals surface area (Å²) in [5.41, 5.74) is 6.38. The van der Waals surface area contributed by atoms with Gasteiger partial charge in [-0.2, -0.15) is 0 Å². The van der Waals surface area contributed by atoms with Crippen molar-refractivity contribution in [3.8, 4) is 0 Å². The first-order valence-electron chi connectivity index (χ1n) is 12.1. The lowest BCUT2D eigenvalue weighted by atomic mass is 10.2. The first kappa shape index (κ1) is 21.4. The van der Waals surface area contributed by atoms with Crippen LogP contribution in [0.5, 0.6) is 0 Å². The molecular weight excluding hydrogens is 432 g/mol. The summed E-state index contributed by atoms with van der Waals surface area (Å²) >= 11 is 0. The third-order valence-electron chi connectivity index (χ3n) is 6.60. The fourth-order valence-corrected chi connectivity index (χ4v) is 4.92. The van der Waals surface area contributed by atoms with Crippen LogP contribution in [0.4, 0.5) is 0 Å². The lowest BCUT2D eigenvalue weighted by Gasteiger charge is -2.07. The number of benzene rings is 3. The molecular formula is C30H27N4O+. The monoisotopic (exact) mass is 459 g/mol. The van der Waals surface area contributed by atoms with E-state index in [-0.39, 0.29) is 6.61 Å². The molecule has 0 fully saturated rings. The van der Waals surface area contributed by atoms with E-state index >= 15 is 0 Å². The topological polar surface area (TPSA) is 54.8 Å². The van der Waals surface area contributed by atoms with E-state index in [9.17, 15) is 5.11 Å². The van der Waals surface area contributed by atoms with Crippen molar-refractivity contribution >= 4 is 32.8 Å². The summed E-state index contributed by atoms with van der Waals surface area (Å²) in [6.07, 6.45) is 1.47. The summed E-state index contributed by atoms with van der Waals surface area (Å²) in [6.45, 7) is 1.50. The van der Waals surface area contributed by atoms with Crippen LogP contribution in [-0.4, -0.2) is 26.2 Å². The highest BCUT2D eigenvalue weighted by atomic mass is 16.2. The van der Waals surface area contributed by atoms with Gasteiger partial charge in [0.1, 0.15) is 13.1 Å². The van der Waals surface area contributed by atoms with E-state index in [1.807, 2.05) is 24.3 Å². The molecule has 0 radical (unpaired) electrons. The maximum absolute atomic E-state index is 9.66. The number of para-hydroxylation sites is 4. The van der Waals surface area contributed by atoms with Crippen LogP contribution in [-0.2, 0) is 19.5 Å². The van der Waals surface area contributed by atoms with Crippen molar-refractivity contribution in [3.05, 3.63) is 114 Å². The molecule has 6 aromatic rings. The van der Waals surface area contributed by atoms with Crippen molar-refractivity contribution in [1.82, 2.24) is 14.5 Å². The Labute approximate surface area is 203 Å². The SMILES string of the molecule is OCCCc1n(Cc2ccc3ccccc3n2)c2ccccc2[n+]1Cc1ccc2ccccc2n1. The zero-order valence-corrected chi connectivity index (χ0v) is 19.5. The number of fused-ring (bicyclic) bond motifs is 3. The molecule has 0 saturated carbocycles. The molecule has 0 spiro atoms. The van der Waals surface area contributed by atoms with Crippen molar-refractivity contribution in [1.29, 1.82) is 0 Å². The first-order chi connectivity index (χ1) is 17.3. The number of hydrogen-bond donors (Lipinski definition) is 1. The summed E-state index contributed by atoms with van der Waals surface area (Å²) in [5.74, 6) is 1.17. The molecule has 0 unspecified atom stereocenters. The largest absolute Gasteiger partial charge is 0.396 e. The van der Waals surface area contributed by atoms with E-state index in [0.29, 0.717) is 19.5 Å². The predicted octanol–water partition coefficient (Wildman–Crippen LogP) is 5.05. The average molecular weight is 460 g/mol. The van der Waals surface area contributed by atoms with E-state index in [4.69, 9.17) is 9.97 Å². The molecule has 35 heavy (non-hydrogen) atoms. The summed E-state index contributed by atoms with van der Waals surface area (Å²) < 4.78 is 4.70. The van der Waals surface area contributed by atoms with Crippen LogP contribution in [0.25, 0.3) is 32.8 Å². The van der Waals surface area contributed by atoms with Crippen LogP contribution in [0, 0.1) is 0 Å². The van der Waals surface area contributed by atoms with Gasteiger partial charge >= 0.3 is 0 Å². The summed E-state index contributed by atoms with van der Waals surface area (Å²) in [5, 5.41) is 11.9. The Hall–Kier alpha value is -4.09. The molecule has 0 saturated heterocycles. The molecule has 3 aromatic carbocycles. The molecule has 1 N–H and O–H groups in total. The van der Waals surface area contributed by atoms with Crippen molar-refractivity contribution in [2.24, 2.45) is 0 Å². The Kier molecular flexibility index (Phi) is 5.68. The Bertz CT molecular complexity index is 1540. The molecule has 6 rings (SSSR count). The van der Waals surface area contributed by atoms with Gasteiger partial charge in [-0.05, 0) is 42.8 Å². The van der Waals surface area contributed by atoms with Gasteiger partial charge in [-0.25, -0.2) is 19.1 Å². The van der Waals surface area contributed by atoms with Crippen LogP contribution >= 0.6 is 0 Å². The molecule has 5 nitrogen and oxygen atoms in total. The van der Waals surface area contributed by atoms with E-state index in [2.05, 4.69) is 81.9 Å². The highest BCUT2D eigenvalue weighted by Crippen LogP contribution is 2.20. The average Bonchev–Trinajstić information content (AvgIpc) is 3.19. The minimum absolute atomic E-state index is 0.157. The van der Waals surface area contributed by atoms with E-state index in [1.54, 1.807) is 0 Å². The van der Waals surface area contributed by atoms with Crippen molar-refractivity contribution < 1.29 is 9.67 Å². The number of aliphatic hydroxyl groups excluding tert-OH is 1. The summed E-state index contributed by atoms with van der Waals surface area (Å²) in [4.78, 5) is 9.87. The first-order valence-corrected chi connectivity index (χ1v) is 12.1. The molecule has 3 aromatic heterocycles. The molecule has 0 amide bonds. The Morgan fingerprint density at radius 2 is 1.31 bits per heavy atom. The highest BCUT2D eigenvalue weighted by molar-refractivity contribution is 5.79. The molecule has 0 aliphatic rings. The zero-order valence-electron chi connectivity index (χ0n) is 19.5. The van der Waals surface area contributed by atoms with E-state index < -0.39 is 0 Å². The zero-order chi connectivity index (χ0) is 23.6. The van der Waals surface area contributed by atoms with Crippen molar-refractivity contribution in [3.63, 3.8) is 0 Å². The summed E-state index contributed by atoms with van der Waals surface area (Å²) in [7, 11) is 0. The minimum atomic E-state index is 0.157. The van der Waals surface area contributed by atoms with Crippen LogP contribution in [0.2, 0.25) is 0 Å². The molecule has 0 atom stereocenters. The lowest BCUT2D eigenvalue weighted by molar-refractivity contribution is -0.671. The maximum atomic E-state index is 9.66. The van der Waals surface area contributed by atoms with Crippen LogP contribution in [0.3, 0.4) is 0 Å². The molecule has 0 bridgehead atoms. The van der Waals surface area contributed by atoms with E-state index in [1.165, 1.54) is 5.82 Å². The second-order valence-corrected chi connectivity index (χ2v) is 8.89. The number of nitrogens with zero attached hydrogens (tertiary/aromatic N) is 4. The van der Waals surface area contributed by atoms with Crippen LogP contribution in [0.15, 0.2) is 97.1 Å². The standard InChI is InChI=1S/C30H27N4O/c35-19-7-14-30-33(20-24-17-15-22-8-1-3-10-26(22)31-24)28-12-5-6-13-29(28)34(30)21-25-18-16-23-9-2-4-11-27(23)32-25/h1-6,8-13,15-18,35H,7,14,19-21H2/q+1. The number of pyridine rings is 2. The second kappa shape index (κ2) is 9.28. The fourth-order valence-electron chi connectivity index (χ4n) is 4.92. The van der Waals surface area contributed by atoms with Gasteiger partial charge in [0, 0.05) is 17.4 Å². The van der Waals surface area contributed by atoms with Gasteiger partial charge in [-0.1, -0.05) is 60.7 Å². The van der Waals surface area contributed by atoms with Gasteiger partial charge in [-0.3, -0.25) is 0 Å². The number of imidazole rings is 1. The van der Waals surface area contributed by atoms with Gasteiger partial charge in [0.25, 0.3) is 5.82 Å². The molecule has 0 aliphatic carbocycles. The normalized spacial score (nSPS) is 11.6. The van der Waals surface area contributed by atoms with Crippen LogP contribution in [0.1, 0.15) is 23.6 Å². The lowest BCUT2D eigenvalue weighted by Crippen LogP contribution is -2.39. The third-order valence-corrected chi connectivity index (χ3v) is 6.60. The molecule has 0 aliphatic heterocycles. The van der Waals surface area contributed by atoms with Gasteiger partial charge in [0.05, 0.1) is 28.8 Å². The van der Waals surface area contributed by atoms with Gasteiger partial charge in [0.2, 0.25) is 0 Å². The minimum Gasteiger partial charge on any atom is -0.396 e. The van der Waals surface area contributed by atoms with Gasteiger partial charge < -0.3 is 5.11 Å². The summed E-state index contributed by atoms with van der Waals surface area (Å²) in [6, 6.07) is 33.5. The van der Waals surface area contributed by atoms with Crippen LogP contribution < -0.4 is 4.57 Å². The number of rotatable bonds is 7.